The smallest absolute Gasteiger partial charge is 0.224 e. The maximum Gasteiger partial charge on any atom is 0.224 e. The number of halogens is 2. The normalized spacial score (nSPS) is 22.6. The molecule has 1 aliphatic carbocycles. The summed E-state index contributed by atoms with van der Waals surface area (Å²) in [6, 6.07) is 3.64. The summed E-state index contributed by atoms with van der Waals surface area (Å²) in [5.74, 6) is -1.45. The fourth-order valence-electron chi connectivity index (χ4n) is 2.80. The van der Waals surface area contributed by atoms with E-state index in [1.165, 1.54) is 6.07 Å². The van der Waals surface area contributed by atoms with Gasteiger partial charge in [-0.3, -0.25) is 4.79 Å². The van der Waals surface area contributed by atoms with Crippen molar-refractivity contribution in [3.63, 3.8) is 0 Å². The topological polar surface area (TPSA) is 55.1 Å². The Morgan fingerprint density at radius 3 is 2.55 bits per heavy atom. The molecule has 110 valence electrons. The zero-order valence-corrected chi connectivity index (χ0v) is 11.4. The molecule has 0 heterocycles. The van der Waals surface area contributed by atoms with Gasteiger partial charge in [-0.1, -0.05) is 18.9 Å². The van der Waals surface area contributed by atoms with Gasteiger partial charge in [0.25, 0.3) is 0 Å². The number of amides is 1. The number of rotatable bonds is 4. The van der Waals surface area contributed by atoms with Crippen LogP contribution in [0, 0.1) is 17.6 Å². The Hall–Kier alpha value is -1.49. The highest BCUT2D eigenvalue weighted by Crippen LogP contribution is 2.23. The Labute approximate surface area is 117 Å². The molecular formula is C15H20F2N2O. The Morgan fingerprint density at radius 1 is 1.25 bits per heavy atom. The molecule has 3 nitrogen and oxygen atoms in total. The Morgan fingerprint density at radius 2 is 1.90 bits per heavy atom. The Kier molecular flexibility index (Phi) is 5.06. The van der Waals surface area contributed by atoms with Crippen LogP contribution in [0.1, 0.15) is 31.2 Å². The third-order valence-electron chi connectivity index (χ3n) is 3.96. The Bertz CT molecular complexity index is 459. The lowest BCUT2D eigenvalue weighted by Crippen LogP contribution is -2.45. The van der Waals surface area contributed by atoms with Gasteiger partial charge in [0.05, 0.1) is 6.42 Å². The first-order valence-electron chi connectivity index (χ1n) is 7.04. The number of carbonyl (C=O) groups excluding carboxylic acids is 1. The van der Waals surface area contributed by atoms with E-state index in [0.717, 1.165) is 37.8 Å². The van der Waals surface area contributed by atoms with Crippen LogP contribution in [0.2, 0.25) is 0 Å². The largest absolute Gasteiger partial charge is 0.353 e. The van der Waals surface area contributed by atoms with Crippen molar-refractivity contribution < 1.29 is 13.6 Å². The summed E-state index contributed by atoms with van der Waals surface area (Å²) in [6.45, 7) is 0.527. The average Bonchev–Trinajstić information content (AvgIpc) is 2.44. The van der Waals surface area contributed by atoms with Gasteiger partial charge in [0.15, 0.2) is 0 Å². The van der Waals surface area contributed by atoms with Crippen LogP contribution in [0.4, 0.5) is 8.78 Å². The number of carbonyl (C=O) groups is 1. The lowest BCUT2D eigenvalue weighted by Gasteiger charge is -2.31. The van der Waals surface area contributed by atoms with E-state index in [9.17, 15) is 13.6 Å². The van der Waals surface area contributed by atoms with E-state index in [-0.39, 0.29) is 29.9 Å². The molecule has 20 heavy (non-hydrogen) atoms. The van der Waals surface area contributed by atoms with Crippen LogP contribution in [0.25, 0.3) is 0 Å². The highest BCUT2D eigenvalue weighted by atomic mass is 19.1. The summed E-state index contributed by atoms with van der Waals surface area (Å²) in [5, 5.41) is 2.87. The van der Waals surface area contributed by atoms with Crippen LogP contribution in [0.15, 0.2) is 18.2 Å². The van der Waals surface area contributed by atoms with Crippen LogP contribution in [0.5, 0.6) is 0 Å². The summed E-state index contributed by atoms with van der Waals surface area (Å²) in [7, 11) is 0. The van der Waals surface area contributed by atoms with Crippen molar-refractivity contribution in [1.82, 2.24) is 5.32 Å². The quantitative estimate of drug-likeness (QED) is 0.889. The molecule has 0 aliphatic heterocycles. The number of hydrogen-bond acceptors (Lipinski definition) is 2. The minimum absolute atomic E-state index is 0.0242. The van der Waals surface area contributed by atoms with Crippen molar-refractivity contribution >= 4 is 5.91 Å². The van der Waals surface area contributed by atoms with Gasteiger partial charge in [-0.15, -0.1) is 0 Å². The molecule has 0 aromatic heterocycles. The molecular weight excluding hydrogens is 262 g/mol. The van der Waals surface area contributed by atoms with Gasteiger partial charge in [0.2, 0.25) is 5.91 Å². The molecule has 0 radical (unpaired) electrons. The maximum atomic E-state index is 13.5. The standard InChI is InChI=1S/C15H20F2N2O/c16-12-5-3-6-13(17)11(12)8-15(20)19-14-7-2-1-4-10(14)9-18/h3,5-6,10,14H,1-2,4,7-9,18H2,(H,19,20). The minimum Gasteiger partial charge on any atom is -0.353 e. The molecule has 1 aromatic rings. The van der Waals surface area contributed by atoms with E-state index < -0.39 is 11.6 Å². The van der Waals surface area contributed by atoms with E-state index in [4.69, 9.17) is 5.73 Å². The van der Waals surface area contributed by atoms with Crippen molar-refractivity contribution in [2.24, 2.45) is 11.7 Å². The summed E-state index contributed by atoms with van der Waals surface area (Å²) in [4.78, 5) is 12.0. The van der Waals surface area contributed by atoms with Crippen molar-refractivity contribution in [3.05, 3.63) is 35.4 Å². The molecule has 0 spiro atoms. The monoisotopic (exact) mass is 282 g/mol. The molecule has 1 fully saturated rings. The summed E-state index contributed by atoms with van der Waals surface area (Å²) < 4.78 is 27.0. The summed E-state index contributed by atoms with van der Waals surface area (Å²) in [6.07, 6.45) is 3.78. The zero-order valence-electron chi connectivity index (χ0n) is 11.4. The van der Waals surface area contributed by atoms with Gasteiger partial charge in [-0.05, 0) is 37.4 Å². The Balaban J connectivity index is 1.98. The van der Waals surface area contributed by atoms with E-state index in [1.54, 1.807) is 0 Å². The SMILES string of the molecule is NCC1CCCCC1NC(=O)Cc1c(F)cccc1F. The van der Waals surface area contributed by atoms with Crippen molar-refractivity contribution in [2.45, 2.75) is 38.1 Å². The first-order valence-corrected chi connectivity index (χ1v) is 7.04. The number of hydrogen-bond donors (Lipinski definition) is 2. The molecule has 0 saturated heterocycles. The fraction of sp³-hybridized carbons (Fsp3) is 0.533. The number of nitrogens with one attached hydrogen (secondary N) is 1. The average molecular weight is 282 g/mol. The van der Waals surface area contributed by atoms with Gasteiger partial charge in [0.1, 0.15) is 11.6 Å². The number of nitrogens with two attached hydrogens (primary N) is 1. The van der Waals surface area contributed by atoms with E-state index in [2.05, 4.69) is 5.32 Å². The van der Waals surface area contributed by atoms with E-state index in [1.807, 2.05) is 0 Å². The highest BCUT2D eigenvalue weighted by Gasteiger charge is 2.25. The molecule has 0 bridgehead atoms. The minimum atomic E-state index is -0.681. The predicted molar refractivity (Wildman–Crippen MR) is 73.0 cm³/mol. The molecule has 3 N–H and O–H groups in total. The van der Waals surface area contributed by atoms with Gasteiger partial charge < -0.3 is 11.1 Å². The zero-order chi connectivity index (χ0) is 14.5. The van der Waals surface area contributed by atoms with Crippen LogP contribution < -0.4 is 11.1 Å². The number of benzene rings is 1. The van der Waals surface area contributed by atoms with Crippen LogP contribution >= 0.6 is 0 Å². The summed E-state index contributed by atoms with van der Waals surface area (Å²) in [5.41, 5.74) is 5.52. The van der Waals surface area contributed by atoms with Gasteiger partial charge >= 0.3 is 0 Å². The molecule has 1 aromatic carbocycles. The lowest BCUT2D eigenvalue weighted by atomic mass is 9.84. The molecule has 2 unspecified atom stereocenters. The lowest BCUT2D eigenvalue weighted by molar-refractivity contribution is -0.121. The second-order valence-electron chi connectivity index (χ2n) is 5.33. The van der Waals surface area contributed by atoms with Crippen LogP contribution in [0.3, 0.4) is 0 Å². The van der Waals surface area contributed by atoms with Crippen molar-refractivity contribution in [3.8, 4) is 0 Å². The second kappa shape index (κ2) is 6.79. The van der Waals surface area contributed by atoms with E-state index >= 15 is 0 Å². The predicted octanol–water partition coefficient (Wildman–Crippen LogP) is 2.14. The second-order valence-corrected chi connectivity index (χ2v) is 5.33. The molecule has 1 aliphatic rings. The molecule has 1 amide bonds. The maximum absolute atomic E-state index is 13.5. The molecule has 2 rings (SSSR count). The summed E-state index contributed by atoms with van der Waals surface area (Å²) >= 11 is 0. The fourth-order valence-corrected chi connectivity index (χ4v) is 2.80. The van der Waals surface area contributed by atoms with Crippen molar-refractivity contribution in [2.75, 3.05) is 6.54 Å². The third-order valence-corrected chi connectivity index (χ3v) is 3.96. The third kappa shape index (κ3) is 3.54. The first kappa shape index (κ1) is 14.9. The van der Waals surface area contributed by atoms with Crippen LogP contribution in [-0.4, -0.2) is 18.5 Å². The van der Waals surface area contributed by atoms with Crippen LogP contribution in [-0.2, 0) is 11.2 Å². The van der Waals surface area contributed by atoms with Gasteiger partial charge in [-0.25, -0.2) is 8.78 Å². The molecule has 2 atom stereocenters. The molecule has 1 saturated carbocycles. The van der Waals surface area contributed by atoms with Gasteiger partial charge in [-0.2, -0.15) is 0 Å². The highest BCUT2D eigenvalue weighted by molar-refractivity contribution is 5.79. The van der Waals surface area contributed by atoms with E-state index in [0.29, 0.717) is 6.54 Å². The first-order chi connectivity index (χ1) is 9.61. The van der Waals surface area contributed by atoms with Crippen molar-refractivity contribution in [1.29, 1.82) is 0 Å². The molecule has 5 heteroatoms. The van der Waals surface area contributed by atoms with Gasteiger partial charge in [0, 0.05) is 11.6 Å².